The van der Waals surface area contributed by atoms with Gasteiger partial charge in [0.15, 0.2) is 5.17 Å². The Morgan fingerprint density at radius 3 is 2.75 bits per heavy atom. The van der Waals surface area contributed by atoms with Crippen LogP contribution in [0.1, 0.15) is 5.56 Å². The summed E-state index contributed by atoms with van der Waals surface area (Å²) in [6.45, 7) is 0. The average molecular weight is 395 g/mol. The molecule has 0 spiro atoms. The van der Waals surface area contributed by atoms with E-state index in [2.05, 4.69) is 20.3 Å². The molecule has 1 aliphatic heterocycles. The molecular formula is C20H17N3O4S. The van der Waals surface area contributed by atoms with Gasteiger partial charge in [-0.05, 0) is 35.0 Å². The number of hydrogen-bond donors (Lipinski definition) is 1. The number of thioether (sulfide) groups is 1. The van der Waals surface area contributed by atoms with E-state index in [1.165, 1.54) is 7.11 Å². The molecule has 0 saturated carbocycles. The maximum absolute atomic E-state index is 11.8. The second-order valence-corrected chi connectivity index (χ2v) is 6.59. The third kappa shape index (κ3) is 4.66. The Hall–Kier alpha value is -3.39. The van der Waals surface area contributed by atoms with Gasteiger partial charge in [0.25, 0.3) is 5.91 Å². The van der Waals surface area contributed by atoms with Crippen molar-refractivity contribution in [1.82, 2.24) is 5.32 Å². The SMILES string of the molecule is COC(=O)/C=C1/S/C(=N\N=Cc2cccc(-c3ccccc3OC)c2)NC1=O. The highest BCUT2D eigenvalue weighted by Gasteiger charge is 2.24. The molecule has 2 aromatic carbocycles. The number of nitrogens with zero attached hydrogens (tertiary/aromatic N) is 2. The summed E-state index contributed by atoms with van der Waals surface area (Å²) in [6, 6.07) is 15.5. The second-order valence-electron chi connectivity index (χ2n) is 5.56. The maximum Gasteiger partial charge on any atom is 0.331 e. The van der Waals surface area contributed by atoms with Crippen LogP contribution in [0.2, 0.25) is 0 Å². The number of rotatable bonds is 5. The molecule has 0 atom stereocenters. The number of para-hydroxylation sites is 1. The van der Waals surface area contributed by atoms with Crippen molar-refractivity contribution >= 4 is 35.0 Å². The second kappa shape index (κ2) is 9.01. The first-order valence-corrected chi connectivity index (χ1v) is 9.05. The molecule has 7 nitrogen and oxygen atoms in total. The highest BCUT2D eigenvalue weighted by molar-refractivity contribution is 8.18. The summed E-state index contributed by atoms with van der Waals surface area (Å²) in [4.78, 5) is 23.2. The summed E-state index contributed by atoms with van der Waals surface area (Å²) >= 11 is 1.02. The predicted molar refractivity (Wildman–Crippen MR) is 109 cm³/mol. The van der Waals surface area contributed by atoms with Crippen molar-refractivity contribution in [2.75, 3.05) is 14.2 Å². The number of methoxy groups -OCH3 is 2. The van der Waals surface area contributed by atoms with E-state index in [0.717, 1.165) is 40.3 Å². The number of benzene rings is 2. The fraction of sp³-hybridized carbons (Fsp3) is 0.100. The van der Waals surface area contributed by atoms with Crippen LogP contribution in [0.3, 0.4) is 0 Å². The molecule has 1 N–H and O–H groups in total. The van der Waals surface area contributed by atoms with Gasteiger partial charge in [-0.15, -0.1) is 5.10 Å². The Labute approximate surface area is 166 Å². The van der Waals surface area contributed by atoms with Crippen molar-refractivity contribution in [3.8, 4) is 16.9 Å². The molecule has 1 heterocycles. The van der Waals surface area contributed by atoms with E-state index in [1.54, 1.807) is 13.3 Å². The normalized spacial score (nSPS) is 16.6. The summed E-state index contributed by atoms with van der Waals surface area (Å²) < 4.78 is 9.92. The highest BCUT2D eigenvalue weighted by Crippen LogP contribution is 2.29. The van der Waals surface area contributed by atoms with Gasteiger partial charge in [-0.1, -0.05) is 36.4 Å². The van der Waals surface area contributed by atoms with Gasteiger partial charge in [-0.2, -0.15) is 5.10 Å². The van der Waals surface area contributed by atoms with E-state index in [-0.39, 0.29) is 10.1 Å². The minimum atomic E-state index is -0.601. The van der Waals surface area contributed by atoms with Gasteiger partial charge in [-0.3, -0.25) is 10.1 Å². The van der Waals surface area contributed by atoms with Gasteiger partial charge in [0, 0.05) is 11.6 Å². The summed E-state index contributed by atoms with van der Waals surface area (Å²) in [5.41, 5.74) is 2.80. The predicted octanol–water partition coefficient (Wildman–Crippen LogP) is 2.97. The molecule has 1 saturated heterocycles. The molecular weight excluding hydrogens is 378 g/mol. The Morgan fingerprint density at radius 2 is 1.96 bits per heavy atom. The van der Waals surface area contributed by atoms with Crippen LogP contribution in [0.15, 0.2) is 69.7 Å². The Balaban J connectivity index is 1.75. The molecule has 28 heavy (non-hydrogen) atoms. The summed E-state index contributed by atoms with van der Waals surface area (Å²) in [6.07, 6.45) is 2.70. The summed E-state index contributed by atoms with van der Waals surface area (Å²) in [5, 5.41) is 10.8. The first-order chi connectivity index (χ1) is 13.6. The van der Waals surface area contributed by atoms with Crippen LogP contribution < -0.4 is 10.1 Å². The smallest absolute Gasteiger partial charge is 0.331 e. The van der Waals surface area contributed by atoms with Crippen LogP contribution >= 0.6 is 11.8 Å². The monoisotopic (exact) mass is 395 g/mol. The lowest BCUT2D eigenvalue weighted by atomic mass is 10.0. The van der Waals surface area contributed by atoms with Crippen LogP contribution in [-0.2, 0) is 14.3 Å². The number of amidine groups is 1. The lowest BCUT2D eigenvalue weighted by Crippen LogP contribution is -2.19. The van der Waals surface area contributed by atoms with Crippen LogP contribution in [0.5, 0.6) is 5.75 Å². The van der Waals surface area contributed by atoms with Crippen molar-refractivity contribution < 1.29 is 19.1 Å². The molecule has 0 aromatic heterocycles. The number of ether oxygens (including phenoxy) is 2. The zero-order valence-electron chi connectivity index (χ0n) is 15.2. The molecule has 0 unspecified atom stereocenters. The van der Waals surface area contributed by atoms with Crippen LogP contribution in [-0.4, -0.2) is 37.5 Å². The molecule has 3 rings (SSSR count). The first-order valence-electron chi connectivity index (χ1n) is 8.24. The Kier molecular flexibility index (Phi) is 6.23. The molecule has 8 heteroatoms. The van der Waals surface area contributed by atoms with Crippen LogP contribution in [0.4, 0.5) is 0 Å². The minimum Gasteiger partial charge on any atom is -0.496 e. The number of carbonyl (C=O) groups is 2. The van der Waals surface area contributed by atoms with Crippen molar-refractivity contribution in [1.29, 1.82) is 0 Å². The van der Waals surface area contributed by atoms with E-state index < -0.39 is 11.9 Å². The standard InChI is InChI=1S/C20H17N3O4S/c1-26-16-9-4-3-8-15(16)14-7-5-6-13(10-14)12-21-23-20-22-19(25)17(28-20)11-18(24)27-2/h3-12H,1-2H3,(H,22,23,25)/b17-11+,21-12?. The molecule has 0 radical (unpaired) electrons. The highest BCUT2D eigenvalue weighted by atomic mass is 32.2. The van der Waals surface area contributed by atoms with E-state index in [9.17, 15) is 9.59 Å². The van der Waals surface area contributed by atoms with Gasteiger partial charge >= 0.3 is 5.97 Å². The summed E-state index contributed by atoms with van der Waals surface area (Å²) in [7, 11) is 2.88. The fourth-order valence-electron chi connectivity index (χ4n) is 2.46. The van der Waals surface area contributed by atoms with E-state index in [1.807, 2.05) is 48.5 Å². The minimum absolute atomic E-state index is 0.207. The van der Waals surface area contributed by atoms with Crippen LogP contribution in [0, 0.1) is 0 Å². The number of esters is 1. The fourth-order valence-corrected chi connectivity index (χ4v) is 3.20. The molecule has 1 fully saturated rings. The van der Waals surface area contributed by atoms with Gasteiger partial charge in [0.05, 0.1) is 25.3 Å². The third-order valence-electron chi connectivity index (χ3n) is 3.76. The van der Waals surface area contributed by atoms with Gasteiger partial charge in [0.1, 0.15) is 5.75 Å². The first kappa shape index (κ1) is 19.4. The maximum atomic E-state index is 11.8. The Bertz CT molecular complexity index is 998. The van der Waals surface area contributed by atoms with Crippen molar-refractivity contribution in [2.24, 2.45) is 10.2 Å². The number of nitrogens with one attached hydrogen (secondary N) is 1. The summed E-state index contributed by atoms with van der Waals surface area (Å²) in [5.74, 6) is -0.232. The number of hydrogen-bond acceptors (Lipinski definition) is 7. The van der Waals surface area contributed by atoms with Gasteiger partial charge < -0.3 is 9.47 Å². The number of carbonyl (C=O) groups excluding carboxylic acids is 2. The Morgan fingerprint density at radius 1 is 1.14 bits per heavy atom. The molecule has 1 amide bonds. The van der Waals surface area contributed by atoms with E-state index in [0.29, 0.717) is 0 Å². The van der Waals surface area contributed by atoms with Crippen molar-refractivity contribution in [3.05, 3.63) is 65.1 Å². The van der Waals surface area contributed by atoms with E-state index >= 15 is 0 Å². The largest absolute Gasteiger partial charge is 0.496 e. The molecule has 1 aliphatic rings. The number of amides is 1. The topological polar surface area (TPSA) is 89.3 Å². The van der Waals surface area contributed by atoms with Gasteiger partial charge in [-0.25, -0.2) is 4.79 Å². The van der Waals surface area contributed by atoms with Crippen molar-refractivity contribution in [2.45, 2.75) is 0 Å². The molecule has 2 aromatic rings. The van der Waals surface area contributed by atoms with Crippen LogP contribution in [0.25, 0.3) is 11.1 Å². The molecule has 0 bridgehead atoms. The van der Waals surface area contributed by atoms with Crippen molar-refractivity contribution in [3.63, 3.8) is 0 Å². The molecule has 142 valence electrons. The third-order valence-corrected chi connectivity index (χ3v) is 4.66. The lowest BCUT2D eigenvalue weighted by Gasteiger charge is -2.08. The van der Waals surface area contributed by atoms with Gasteiger partial charge in [0.2, 0.25) is 0 Å². The average Bonchev–Trinajstić information content (AvgIpc) is 3.07. The quantitative estimate of drug-likeness (QED) is 0.364. The molecule has 0 aliphatic carbocycles. The lowest BCUT2D eigenvalue weighted by molar-refractivity contribution is -0.135. The van der Waals surface area contributed by atoms with E-state index in [4.69, 9.17) is 4.74 Å². The zero-order valence-corrected chi connectivity index (χ0v) is 16.0. The zero-order chi connectivity index (χ0) is 19.9.